The van der Waals surface area contributed by atoms with Crippen LogP contribution >= 0.6 is 0 Å². The van der Waals surface area contributed by atoms with Gasteiger partial charge in [-0.05, 0) is 6.92 Å². The molecule has 11 nitrogen and oxygen atoms in total. The molecule has 1 unspecified atom stereocenters. The molecule has 0 bridgehead atoms. The summed E-state index contributed by atoms with van der Waals surface area (Å²) in [5.74, 6) is -2.86. The van der Waals surface area contributed by atoms with Crippen LogP contribution in [0.25, 0.3) is 0 Å². The third-order valence-electron chi connectivity index (χ3n) is 3.28. The minimum absolute atomic E-state index is 0.364. The van der Waals surface area contributed by atoms with E-state index in [1.807, 2.05) is 0 Å². The maximum Gasteiger partial charge on any atom is 0.303 e. The molecule has 154 valence electrons. The normalized spacial score (nSPS) is 28.6. The van der Waals surface area contributed by atoms with Crippen LogP contribution in [0.4, 0.5) is 0 Å². The summed E-state index contributed by atoms with van der Waals surface area (Å²) in [7, 11) is 0. The second-order valence-electron chi connectivity index (χ2n) is 5.80. The Hall–Kier alpha value is -2.24. The molecule has 0 radical (unpaired) electrons. The second kappa shape index (κ2) is 10.2. The molecule has 0 aromatic carbocycles. The van der Waals surface area contributed by atoms with Gasteiger partial charge in [0.25, 0.3) is 0 Å². The van der Waals surface area contributed by atoms with Gasteiger partial charge in [0.2, 0.25) is 6.29 Å². The van der Waals surface area contributed by atoms with Crippen LogP contribution < -0.4 is 0 Å². The Morgan fingerprint density at radius 2 is 1.33 bits per heavy atom. The minimum Gasteiger partial charge on any atom is -0.463 e. The number of ether oxygens (including phenoxy) is 6. The molecule has 0 aliphatic carbocycles. The number of hydrogen-bond donors (Lipinski definition) is 1. The van der Waals surface area contributed by atoms with Crippen LogP contribution in [0, 0.1) is 0 Å². The molecule has 1 aliphatic heterocycles. The zero-order chi connectivity index (χ0) is 20.7. The predicted octanol–water partition coefficient (Wildman–Crippen LogP) is -0.576. The van der Waals surface area contributed by atoms with Crippen molar-refractivity contribution < 1.29 is 52.7 Å². The Balaban J connectivity index is 3.27. The molecule has 27 heavy (non-hydrogen) atoms. The van der Waals surface area contributed by atoms with Crippen LogP contribution in [-0.2, 0) is 47.6 Å². The van der Waals surface area contributed by atoms with E-state index in [2.05, 4.69) is 0 Å². The van der Waals surface area contributed by atoms with Gasteiger partial charge in [-0.1, -0.05) is 0 Å². The van der Waals surface area contributed by atoms with Crippen molar-refractivity contribution in [2.45, 2.75) is 71.6 Å². The lowest BCUT2D eigenvalue weighted by Crippen LogP contribution is -2.63. The van der Waals surface area contributed by atoms with E-state index < -0.39 is 60.9 Å². The fourth-order valence-corrected chi connectivity index (χ4v) is 2.49. The molecule has 1 heterocycles. The van der Waals surface area contributed by atoms with Gasteiger partial charge in [0.1, 0.15) is 12.7 Å². The molecular formula is C16H24O11. The van der Waals surface area contributed by atoms with Crippen molar-refractivity contribution in [3.05, 3.63) is 0 Å². The van der Waals surface area contributed by atoms with Gasteiger partial charge in [-0.3, -0.25) is 19.2 Å². The number of aliphatic hydroxyl groups is 1. The number of carbonyl (C=O) groups is 4. The molecule has 1 aliphatic rings. The van der Waals surface area contributed by atoms with Gasteiger partial charge in [-0.2, -0.15) is 0 Å². The van der Waals surface area contributed by atoms with Crippen LogP contribution in [0.2, 0.25) is 0 Å². The maximum atomic E-state index is 11.6. The first-order valence-corrected chi connectivity index (χ1v) is 8.15. The van der Waals surface area contributed by atoms with Gasteiger partial charge in [-0.15, -0.1) is 0 Å². The van der Waals surface area contributed by atoms with E-state index in [0.29, 0.717) is 0 Å². The van der Waals surface area contributed by atoms with E-state index >= 15 is 0 Å². The van der Waals surface area contributed by atoms with Crippen molar-refractivity contribution >= 4 is 23.9 Å². The van der Waals surface area contributed by atoms with Crippen LogP contribution in [0.3, 0.4) is 0 Å². The van der Waals surface area contributed by atoms with Gasteiger partial charge in [0.05, 0.1) is 0 Å². The number of rotatable bonds is 7. The average molecular weight is 392 g/mol. The molecule has 0 aromatic rings. The summed E-state index contributed by atoms with van der Waals surface area (Å²) in [5, 5.41) is 9.52. The van der Waals surface area contributed by atoms with Crippen molar-refractivity contribution in [2.24, 2.45) is 0 Å². The molecule has 6 atom stereocenters. The van der Waals surface area contributed by atoms with Crippen LogP contribution in [0.1, 0.15) is 34.6 Å². The highest BCUT2D eigenvalue weighted by Gasteiger charge is 2.53. The van der Waals surface area contributed by atoms with Gasteiger partial charge in [0, 0.05) is 27.7 Å². The zero-order valence-electron chi connectivity index (χ0n) is 15.7. The van der Waals surface area contributed by atoms with E-state index in [-0.39, 0.29) is 6.61 Å². The van der Waals surface area contributed by atoms with Crippen molar-refractivity contribution in [3.63, 3.8) is 0 Å². The van der Waals surface area contributed by atoms with Crippen molar-refractivity contribution in [1.82, 2.24) is 0 Å². The first kappa shape index (κ1) is 22.8. The fourth-order valence-electron chi connectivity index (χ4n) is 2.49. The monoisotopic (exact) mass is 392 g/mol. The summed E-state index contributed by atoms with van der Waals surface area (Å²) in [6.45, 7) is 5.42. The molecule has 0 aromatic heterocycles. The molecule has 0 amide bonds. The van der Waals surface area contributed by atoms with E-state index in [1.54, 1.807) is 0 Å². The second-order valence-corrected chi connectivity index (χ2v) is 5.80. The van der Waals surface area contributed by atoms with Crippen molar-refractivity contribution in [1.29, 1.82) is 0 Å². The fraction of sp³-hybridized carbons (Fsp3) is 0.750. The van der Waals surface area contributed by atoms with E-state index in [0.717, 1.165) is 20.8 Å². The molecule has 1 saturated heterocycles. The Kier molecular flexibility index (Phi) is 8.60. The summed E-state index contributed by atoms with van der Waals surface area (Å²) in [5.41, 5.74) is 0. The third kappa shape index (κ3) is 7.49. The molecular weight excluding hydrogens is 368 g/mol. The molecule has 0 saturated carbocycles. The molecule has 0 spiro atoms. The lowest BCUT2D eigenvalue weighted by Gasteiger charge is -2.44. The Morgan fingerprint density at radius 3 is 1.78 bits per heavy atom. The Bertz CT molecular complexity index is 559. The average Bonchev–Trinajstić information content (AvgIpc) is 2.49. The highest BCUT2D eigenvalue weighted by molar-refractivity contribution is 5.68. The summed E-state index contributed by atoms with van der Waals surface area (Å²) >= 11 is 0. The van der Waals surface area contributed by atoms with Gasteiger partial charge in [0.15, 0.2) is 24.6 Å². The standard InChI is InChI=1S/C16H24O11/c1-7(17)22-6-12-13(23-8(2)18)14(24-9(3)19)15(25-10(4)20)16(27-12)26-11(5)21/h11-16,21H,6H2,1-5H3/t11?,12-,13+,14+,15-,16-/m1/s1. The van der Waals surface area contributed by atoms with Gasteiger partial charge >= 0.3 is 23.9 Å². The number of hydrogen-bond acceptors (Lipinski definition) is 11. The zero-order valence-corrected chi connectivity index (χ0v) is 15.7. The Morgan fingerprint density at radius 1 is 0.852 bits per heavy atom. The van der Waals surface area contributed by atoms with Crippen LogP contribution in [-0.4, -0.2) is 72.6 Å². The van der Waals surface area contributed by atoms with E-state index in [4.69, 9.17) is 28.4 Å². The molecule has 1 rings (SSSR count). The summed E-state index contributed by atoms with van der Waals surface area (Å²) in [4.78, 5) is 45.7. The maximum absolute atomic E-state index is 11.6. The smallest absolute Gasteiger partial charge is 0.303 e. The highest BCUT2D eigenvalue weighted by Crippen LogP contribution is 2.30. The van der Waals surface area contributed by atoms with Gasteiger partial charge in [-0.25, -0.2) is 0 Å². The lowest BCUT2D eigenvalue weighted by atomic mass is 9.98. The highest BCUT2D eigenvalue weighted by atomic mass is 16.8. The first-order chi connectivity index (χ1) is 12.5. The molecule has 1 N–H and O–H groups in total. The molecule has 1 fully saturated rings. The SMILES string of the molecule is CC(=O)OC[C@H]1O[C@@H](OC(C)O)[C@H](OC(C)=O)[C@@H](OC(C)=O)[C@H]1OC(C)=O. The van der Waals surface area contributed by atoms with E-state index in [9.17, 15) is 24.3 Å². The minimum atomic E-state index is -1.38. The van der Waals surface area contributed by atoms with Crippen LogP contribution in [0.15, 0.2) is 0 Å². The quantitative estimate of drug-likeness (QED) is 0.338. The topological polar surface area (TPSA) is 144 Å². The summed E-state index contributed by atoms with van der Waals surface area (Å²) in [6.07, 6.45) is -7.76. The number of carbonyl (C=O) groups excluding carboxylic acids is 4. The van der Waals surface area contributed by atoms with Crippen molar-refractivity contribution in [2.75, 3.05) is 6.61 Å². The largest absolute Gasteiger partial charge is 0.463 e. The summed E-state index contributed by atoms with van der Waals surface area (Å²) < 4.78 is 31.2. The number of aliphatic hydroxyl groups excluding tert-OH is 1. The Labute approximate surface area is 155 Å². The number of esters is 4. The van der Waals surface area contributed by atoms with E-state index in [1.165, 1.54) is 13.8 Å². The van der Waals surface area contributed by atoms with Crippen molar-refractivity contribution in [3.8, 4) is 0 Å². The van der Waals surface area contributed by atoms with Gasteiger partial charge < -0.3 is 33.5 Å². The lowest BCUT2D eigenvalue weighted by molar-refractivity contribution is -0.332. The van der Waals surface area contributed by atoms with Crippen LogP contribution in [0.5, 0.6) is 0 Å². The summed E-state index contributed by atoms with van der Waals surface area (Å²) in [6, 6.07) is 0. The first-order valence-electron chi connectivity index (χ1n) is 8.15. The molecule has 11 heteroatoms. The third-order valence-corrected chi connectivity index (χ3v) is 3.28. The predicted molar refractivity (Wildman–Crippen MR) is 84.7 cm³/mol.